The fourth-order valence-corrected chi connectivity index (χ4v) is 2.69. The Labute approximate surface area is 165 Å². The van der Waals surface area contributed by atoms with Crippen molar-refractivity contribution >= 4 is 5.96 Å². The van der Waals surface area contributed by atoms with Crippen molar-refractivity contribution in [1.29, 1.82) is 0 Å². The molecule has 1 unspecified atom stereocenters. The summed E-state index contributed by atoms with van der Waals surface area (Å²) in [5.74, 6) is 1.58. The minimum Gasteiger partial charge on any atom is -0.497 e. The van der Waals surface area contributed by atoms with Crippen molar-refractivity contribution in [3.05, 3.63) is 59.4 Å². The highest BCUT2D eigenvalue weighted by molar-refractivity contribution is 5.79. The molecule has 152 valence electrons. The maximum atomic E-state index is 13.0. The molecular formula is C21H28FN3O3. The van der Waals surface area contributed by atoms with E-state index in [9.17, 15) is 9.50 Å². The quantitative estimate of drug-likeness (QED) is 0.454. The fraction of sp³-hybridized carbons (Fsp3) is 0.381. The lowest BCUT2D eigenvalue weighted by Gasteiger charge is -2.16. The van der Waals surface area contributed by atoms with Crippen molar-refractivity contribution in [2.45, 2.75) is 19.4 Å². The molecule has 0 bridgehead atoms. The predicted molar refractivity (Wildman–Crippen MR) is 109 cm³/mol. The third-order valence-corrected chi connectivity index (χ3v) is 4.18. The first-order valence-electron chi connectivity index (χ1n) is 9.24. The first-order chi connectivity index (χ1) is 13.6. The lowest BCUT2D eigenvalue weighted by atomic mass is 10.1. The molecule has 0 aliphatic carbocycles. The molecule has 0 heterocycles. The number of benzene rings is 2. The molecule has 0 amide bonds. The van der Waals surface area contributed by atoms with Crippen LogP contribution < -0.4 is 20.1 Å². The third-order valence-electron chi connectivity index (χ3n) is 4.18. The van der Waals surface area contributed by atoms with Crippen molar-refractivity contribution in [3.8, 4) is 11.5 Å². The maximum Gasteiger partial charge on any atom is 0.191 e. The van der Waals surface area contributed by atoms with Crippen LogP contribution in [0.25, 0.3) is 0 Å². The van der Waals surface area contributed by atoms with Gasteiger partial charge in [-0.2, -0.15) is 0 Å². The van der Waals surface area contributed by atoms with Gasteiger partial charge in [-0.15, -0.1) is 0 Å². The molecule has 2 rings (SSSR count). The van der Waals surface area contributed by atoms with Crippen LogP contribution in [0.5, 0.6) is 11.5 Å². The van der Waals surface area contributed by atoms with Gasteiger partial charge in [-0.3, -0.25) is 4.99 Å². The summed E-state index contributed by atoms with van der Waals surface area (Å²) in [5.41, 5.74) is 1.65. The van der Waals surface area contributed by atoms with Crippen LogP contribution in [0.3, 0.4) is 0 Å². The van der Waals surface area contributed by atoms with Crippen LogP contribution in [-0.2, 0) is 6.42 Å². The number of guanidine groups is 1. The van der Waals surface area contributed by atoms with Crippen LogP contribution in [0, 0.1) is 5.82 Å². The van der Waals surface area contributed by atoms with Crippen LogP contribution in [0.15, 0.2) is 47.5 Å². The first-order valence-corrected chi connectivity index (χ1v) is 9.24. The summed E-state index contributed by atoms with van der Waals surface area (Å²) in [5, 5.41) is 16.9. The van der Waals surface area contributed by atoms with Crippen LogP contribution in [0.4, 0.5) is 4.39 Å². The zero-order valence-electron chi connectivity index (χ0n) is 16.5. The standard InChI is InChI=1S/C21H28FN3O3/c1-4-23-21(24-12-11-15-5-7-16(22)8-6-15)25-14-19(26)18-13-17(27-2)9-10-20(18)28-3/h5-10,13,19,26H,4,11-12,14H2,1-3H3,(H2,23,24,25). The Bertz CT molecular complexity index is 766. The number of methoxy groups -OCH3 is 2. The monoisotopic (exact) mass is 389 g/mol. The van der Waals surface area contributed by atoms with Gasteiger partial charge in [-0.05, 0) is 49.2 Å². The van der Waals surface area contributed by atoms with Crippen molar-refractivity contribution in [2.24, 2.45) is 4.99 Å². The number of nitrogens with zero attached hydrogens (tertiary/aromatic N) is 1. The van der Waals surface area contributed by atoms with Gasteiger partial charge in [-0.1, -0.05) is 12.1 Å². The average Bonchev–Trinajstić information content (AvgIpc) is 2.72. The first kappa shape index (κ1) is 21.5. The van der Waals surface area contributed by atoms with E-state index in [1.165, 1.54) is 12.1 Å². The Kier molecular flexibility index (Phi) is 8.55. The second-order valence-corrected chi connectivity index (χ2v) is 6.15. The SMILES string of the molecule is CCNC(=NCC(O)c1cc(OC)ccc1OC)NCCc1ccc(F)cc1. The van der Waals surface area contributed by atoms with E-state index < -0.39 is 6.10 Å². The predicted octanol–water partition coefficient (Wildman–Crippen LogP) is 2.67. The normalized spacial score (nSPS) is 12.4. The van der Waals surface area contributed by atoms with Gasteiger partial charge in [0.15, 0.2) is 5.96 Å². The highest BCUT2D eigenvalue weighted by Gasteiger charge is 2.14. The van der Waals surface area contributed by atoms with Gasteiger partial charge in [0.1, 0.15) is 23.4 Å². The summed E-state index contributed by atoms with van der Waals surface area (Å²) in [6.07, 6.45) is -0.102. The van der Waals surface area contributed by atoms with Gasteiger partial charge >= 0.3 is 0 Å². The second kappa shape index (κ2) is 11.1. The number of rotatable bonds is 9. The molecule has 7 heteroatoms. The van der Waals surface area contributed by atoms with Crippen molar-refractivity contribution in [3.63, 3.8) is 0 Å². The van der Waals surface area contributed by atoms with E-state index in [1.54, 1.807) is 44.6 Å². The summed E-state index contributed by atoms with van der Waals surface area (Å²) in [7, 11) is 3.13. The van der Waals surface area contributed by atoms with E-state index in [-0.39, 0.29) is 12.4 Å². The van der Waals surface area contributed by atoms with E-state index in [0.29, 0.717) is 36.1 Å². The van der Waals surface area contributed by atoms with Gasteiger partial charge < -0.3 is 25.2 Å². The summed E-state index contributed by atoms with van der Waals surface area (Å²) in [4.78, 5) is 4.45. The molecule has 0 aromatic heterocycles. The highest BCUT2D eigenvalue weighted by Crippen LogP contribution is 2.29. The van der Waals surface area contributed by atoms with Crippen LogP contribution in [-0.4, -0.2) is 44.9 Å². The molecule has 0 aliphatic heterocycles. The third kappa shape index (κ3) is 6.42. The smallest absolute Gasteiger partial charge is 0.191 e. The summed E-state index contributed by atoms with van der Waals surface area (Å²) in [6, 6.07) is 11.7. The number of halogens is 1. The van der Waals surface area contributed by atoms with Crippen LogP contribution >= 0.6 is 0 Å². The largest absolute Gasteiger partial charge is 0.497 e. The number of hydrogen-bond donors (Lipinski definition) is 3. The van der Waals surface area contributed by atoms with Crippen LogP contribution in [0.2, 0.25) is 0 Å². The molecule has 0 radical (unpaired) electrons. The number of aliphatic hydroxyl groups excluding tert-OH is 1. The molecule has 3 N–H and O–H groups in total. The Morgan fingerprint density at radius 2 is 1.86 bits per heavy atom. The lowest BCUT2D eigenvalue weighted by Crippen LogP contribution is -2.38. The minimum atomic E-state index is -0.836. The van der Waals surface area contributed by atoms with Gasteiger partial charge in [-0.25, -0.2) is 4.39 Å². The van der Waals surface area contributed by atoms with E-state index in [2.05, 4.69) is 15.6 Å². The van der Waals surface area contributed by atoms with Crippen molar-refractivity contribution in [2.75, 3.05) is 33.9 Å². The molecule has 0 saturated carbocycles. The Balaban J connectivity index is 1.98. The van der Waals surface area contributed by atoms with Crippen molar-refractivity contribution < 1.29 is 19.0 Å². The number of ether oxygens (including phenoxy) is 2. The summed E-state index contributed by atoms with van der Waals surface area (Å²) < 4.78 is 23.5. The van der Waals surface area contributed by atoms with Gasteiger partial charge in [0.05, 0.1) is 20.8 Å². The van der Waals surface area contributed by atoms with E-state index in [0.717, 1.165) is 12.0 Å². The number of nitrogens with one attached hydrogen (secondary N) is 2. The minimum absolute atomic E-state index is 0.162. The average molecular weight is 389 g/mol. The maximum absolute atomic E-state index is 13.0. The lowest BCUT2D eigenvalue weighted by molar-refractivity contribution is 0.182. The molecule has 6 nitrogen and oxygen atoms in total. The topological polar surface area (TPSA) is 75.1 Å². The Morgan fingerprint density at radius 3 is 2.50 bits per heavy atom. The second-order valence-electron chi connectivity index (χ2n) is 6.15. The number of aliphatic hydroxyl groups is 1. The van der Waals surface area contributed by atoms with Crippen LogP contribution in [0.1, 0.15) is 24.2 Å². The molecule has 28 heavy (non-hydrogen) atoms. The molecule has 0 aliphatic rings. The summed E-state index contributed by atoms with van der Waals surface area (Å²) >= 11 is 0. The van der Waals surface area contributed by atoms with Crippen molar-refractivity contribution in [1.82, 2.24) is 10.6 Å². The zero-order valence-corrected chi connectivity index (χ0v) is 16.5. The Hall–Kier alpha value is -2.80. The molecule has 2 aromatic rings. The molecule has 0 saturated heterocycles. The van der Waals surface area contributed by atoms with Gasteiger partial charge in [0.2, 0.25) is 0 Å². The fourth-order valence-electron chi connectivity index (χ4n) is 2.69. The number of aliphatic imine (C=N–C) groups is 1. The molecule has 0 fully saturated rings. The summed E-state index contributed by atoms with van der Waals surface area (Å²) in [6.45, 7) is 3.46. The highest BCUT2D eigenvalue weighted by atomic mass is 19.1. The molecule has 2 aromatic carbocycles. The molecular weight excluding hydrogens is 361 g/mol. The van der Waals surface area contributed by atoms with Gasteiger partial charge in [0, 0.05) is 18.7 Å². The molecule has 1 atom stereocenters. The van der Waals surface area contributed by atoms with Gasteiger partial charge in [0.25, 0.3) is 0 Å². The zero-order chi connectivity index (χ0) is 20.4. The van der Waals surface area contributed by atoms with E-state index in [1.807, 2.05) is 6.92 Å². The Morgan fingerprint density at radius 1 is 1.11 bits per heavy atom. The van der Waals surface area contributed by atoms with E-state index >= 15 is 0 Å². The number of hydrogen-bond acceptors (Lipinski definition) is 4. The van der Waals surface area contributed by atoms with E-state index in [4.69, 9.17) is 9.47 Å². The molecule has 0 spiro atoms.